The molecule has 0 radical (unpaired) electrons. The Morgan fingerprint density at radius 2 is 1.83 bits per heavy atom. The molecule has 1 aliphatic rings. The summed E-state index contributed by atoms with van der Waals surface area (Å²) in [5, 5.41) is 15.0. The average molecular weight is 330 g/mol. The highest BCUT2D eigenvalue weighted by molar-refractivity contribution is 5.92. The zero-order chi connectivity index (χ0) is 17.4. The topological polar surface area (TPSA) is 105 Å². The van der Waals surface area contributed by atoms with Crippen molar-refractivity contribution < 1.29 is 9.90 Å². The number of nitrogens with zero attached hydrogens (tertiary/aromatic N) is 2. The van der Waals surface area contributed by atoms with Crippen LogP contribution in [-0.4, -0.2) is 20.3 Å². The predicted octanol–water partition coefficient (Wildman–Crippen LogP) is 0.980. The third-order valence-corrected chi connectivity index (χ3v) is 4.09. The van der Waals surface area contributed by atoms with Gasteiger partial charge in [-0.2, -0.15) is 0 Å². The lowest BCUT2D eigenvalue weighted by atomic mass is 9.98. The lowest BCUT2D eigenvalue weighted by Crippen LogP contribution is -2.50. The molecule has 8 heteroatoms. The highest BCUT2D eigenvalue weighted by Crippen LogP contribution is 2.29. The molecule has 24 heavy (non-hydrogen) atoms. The van der Waals surface area contributed by atoms with E-state index in [0.717, 1.165) is 4.57 Å². The number of nitrogens with one attached hydrogen (secondary N) is 2. The number of anilines is 1. The molecule has 0 spiro atoms. The SMILES string of the molecule is CCn1c2c(c(=O)n(CC)c1=O)C(c1cccc(O)c1)NC(=O)N2. The molecule has 2 aromatic rings. The number of rotatable bonds is 3. The molecule has 1 aliphatic heterocycles. The summed E-state index contributed by atoms with van der Waals surface area (Å²) in [5.41, 5.74) is -0.0701. The standard InChI is InChI=1S/C16H18N4O4/c1-3-19-13-11(14(22)20(4-2)16(19)24)12(17-15(23)18-13)9-6-5-7-10(21)8-9/h5-8,12,21H,3-4H2,1-2H3,(H2,17,18,23). The van der Waals surface area contributed by atoms with Crippen molar-refractivity contribution in [1.29, 1.82) is 0 Å². The van der Waals surface area contributed by atoms with Gasteiger partial charge in [0.05, 0.1) is 11.6 Å². The molecule has 0 fully saturated rings. The largest absolute Gasteiger partial charge is 0.508 e. The van der Waals surface area contributed by atoms with Gasteiger partial charge in [0.15, 0.2) is 0 Å². The van der Waals surface area contributed by atoms with Crippen LogP contribution in [0.2, 0.25) is 0 Å². The first-order valence-corrected chi connectivity index (χ1v) is 7.71. The van der Waals surface area contributed by atoms with Crippen molar-refractivity contribution in [3.05, 3.63) is 56.2 Å². The van der Waals surface area contributed by atoms with Crippen LogP contribution in [-0.2, 0) is 13.1 Å². The van der Waals surface area contributed by atoms with E-state index in [1.165, 1.54) is 16.7 Å². The van der Waals surface area contributed by atoms with Gasteiger partial charge in [-0.25, -0.2) is 9.59 Å². The van der Waals surface area contributed by atoms with Gasteiger partial charge in [0.25, 0.3) is 5.56 Å². The Kier molecular flexibility index (Phi) is 3.88. The minimum absolute atomic E-state index is 0.0291. The molecule has 0 saturated carbocycles. The number of urea groups is 1. The second kappa shape index (κ2) is 5.88. The van der Waals surface area contributed by atoms with Crippen LogP contribution in [0.15, 0.2) is 33.9 Å². The summed E-state index contributed by atoms with van der Waals surface area (Å²) in [6.07, 6.45) is 0. The van der Waals surface area contributed by atoms with Crippen molar-refractivity contribution >= 4 is 11.8 Å². The number of fused-ring (bicyclic) bond motifs is 1. The van der Waals surface area contributed by atoms with Gasteiger partial charge >= 0.3 is 11.7 Å². The van der Waals surface area contributed by atoms with Gasteiger partial charge in [-0.05, 0) is 31.5 Å². The van der Waals surface area contributed by atoms with Crippen LogP contribution in [0.25, 0.3) is 0 Å². The Morgan fingerprint density at radius 3 is 2.46 bits per heavy atom. The van der Waals surface area contributed by atoms with E-state index in [9.17, 15) is 19.5 Å². The Labute approximate surface area is 137 Å². The van der Waals surface area contributed by atoms with Gasteiger partial charge in [-0.1, -0.05) is 12.1 Å². The highest BCUT2D eigenvalue weighted by atomic mass is 16.3. The van der Waals surface area contributed by atoms with Crippen LogP contribution in [0.1, 0.15) is 31.0 Å². The van der Waals surface area contributed by atoms with Gasteiger partial charge in [-0.15, -0.1) is 0 Å². The minimum Gasteiger partial charge on any atom is -0.508 e. The normalized spacial score (nSPS) is 16.2. The van der Waals surface area contributed by atoms with Crippen LogP contribution in [0, 0.1) is 0 Å². The molecule has 2 heterocycles. The third kappa shape index (κ3) is 2.36. The molecule has 2 amide bonds. The first-order chi connectivity index (χ1) is 11.5. The second-order valence-electron chi connectivity index (χ2n) is 5.46. The highest BCUT2D eigenvalue weighted by Gasteiger charge is 2.32. The number of phenolic OH excluding ortho intramolecular Hbond substituents is 1. The maximum atomic E-state index is 12.8. The Morgan fingerprint density at radius 1 is 1.12 bits per heavy atom. The van der Waals surface area contributed by atoms with Gasteiger partial charge in [0.1, 0.15) is 11.6 Å². The molecule has 0 aliphatic carbocycles. The number of amides is 2. The summed E-state index contributed by atoms with van der Waals surface area (Å²) in [5.74, 6) is 0.232. The molecule has 3 rings (SSSR count). The molecular weight excluding hydrogens is 312 g/mol. The summed E-state index contributed by atoms with van der Waals surface area (Å²) in [7, 11) is 0. The van der Waals surface area contributed by atoms with Crippen LogP contribution in [0.3, 0.4) is 0 Å². The zero-order valence-corrected chi connectivity index (χ0v) is 13.4. The molecule has 1 aromatic carbocycles. The van der Waals surface area contributed by atoms with E-state index in [1.807, 2.05) is 0 Å². The van der Waals surface area contributed by atoms with Gasteiger partial charge < -0.3 is 10.4 Å². The van der Waals surface area contributed by atoms with E-state index < -0.39 is 23.3 Å². The van der Waals surface area contributed by atoms with Crippen LogP contribution in [0.5, 0.6) is 5.75 Å². The molecule has 126 valence electrons. The molecule has 8 nitrogen and oxygen atoms in total. The molecule has 3 N–H and O–H groups in total. The quantitative estimate of drug-likeness (QED) is 0.780. The number of aromatic hydroxyl groups is 1. The number of benzene rings is 1. The van der Waals surface area contributed by atoms with Crippen molar-refractivity contribution in [2.24, 2.45) is 0 Å². The summed E-state index contributed by atoms with van der Waals surface area (Å²) in [4.78, 5) is 37.3. The van der Waals surface area contributed by atoms with Crippen molar-refractivity contribution in [3.8, 4) is 5.75 Å². The first kappa shape index (κ1) is 15.9. The molecule has 0 saturated heterocycles. The van der Waals surface area contributed by atoms with E-state index in [-0.39, 0.29) is 23.7 Å². The fraction of sp³-hybridized carbons (Fsp3) is 0.312. The number of carbonyl (C=O) groups is 1. The van der Waals surface area contributed by atoms with Crippen molar-refractivity contribution in [3.63, 3.8) is 0 Å². The summed E-state index contributed by atoms with van der Waals surface area (Å²) in [6, 6.07) is 5.07. The molecular formula is C16H18N4O4. The Hall–Kier alpha value is -3.03. The van der Waals surface area contributed by atoms with Crippen LogP contribution >= 0.6 is 0 Å². The monoisotopic (exact) mass is 330 g/mol. The molecule has 1 unspecified atom stereocenters. The molecule has 1 atom stereocenters. The number of carbonyl (C=O) groups excluding carboxylic acids is 1. The smallest absolute Gasteiger partial charge is 0.332 e. The van der Waals surface area contributed by atoms with E-state index in [2.05, 4.69) is 10.6 Å². The maximum absolute atomic E-state index is 12.8. The Balaban J connectivity index is 2.35. The minimum atomic E-state index is -0.746. The van der Waals surface area contributed by atoms with E-state index >= 15 is 0 Å². The van der Waals surface area contributed by atoms with Crippen molar-refractivity contribution in [2.75, 3.05) is 5.32 Å². The zero-order valence-electron chi connectivity index (χ0n) is 13.4. The summed E-state index contributed by atoms with van der Waals surface area (Å²) >= 11 is 0. The fourth-order valence-electron chi connectivity index (χ4n) is 2.99. The number of aromatic nitrogens is 2. The number of hydrogen-bond acceptors (Lipinski definition) is 4. The van der Waals surface area contributed by atoms with Crippen LogP contribution < -0.4 is 21.9 Å². The van der Waals surface area contributed by atoms with Gasteiger partial charge in [0.2, 0.25) is 0 Å². The Bertz CT molecular complexity index is 929. The summed E-state index contributed by atoms with van der Waals surface area (Å²) < 4.78 is 2.51. The van der Waals surface area contributed by atoms with Crippen molar-refractivity contribution in [1.82, 2.24) is 14.5 Å². The van der Waals surface area contributed by atoms with Gasteiger partial charge in [0, 0.05) is 13.1 Å². The molecule has 1 aromatic heterocycles. The number of phenols is 1. The summed E-state index contributed by atoms with van der Waals surface area (Å²) in [6.45, 7) is 4.03. The fourth-order valence-corrected chi connectivity index (χ4v) is 2.99. The van der Waals surface area contributed by atoms with E-state index in [4.69, 9.17) is 0 Å². The van der Waals surface area contributed by atoms with E-state index in [0.29, 0.717) is 12.1 Å². The molecule has 0 bridgehead atoms. The lowest BCUT2D eigenvalue weighted by molar-refractivity contribution is 0.248. The second-order valence-corrected chi connectivity index (χ2v) is 5.46. The predicted molar refractivity (Wildman–Crippen MR) is 88.4 cm³/mol. The average Bonchev–Trinajstić information content (AvgIpc) is 2.55. The first-order valence-electron chi connectivity index (χ1n) is 7.71. The van der Waals surface area contributed by atoms with Crippen molar-refractivity contribution in [2.45, 2.75) is 33.0 Å². The van der Waals surface area contributed by atoms with E-state index in [1.54, 1.807) is 26.0 Å². The number of hydrogen-bond donors (Lipinski definition) is 3. The maximum Gasteiger partial charge on any atom is 0.332 e. The van der Waals surface area contributed by atoms with Crippen LogP contribution in [0.4, 0.5) is 10.6 Å². The van der Waals surface area contributed by atoms with Gasteiger partial charge in [-0.3, -0.25) is 19.2 Å². The lowest BCUT2D eigenvalue weighted by Gasteiger charge is -2.29. The third-order valence-electron chi connectivity index (χ3n) is 4.09.